The smallest absolute Gasteiger partial charge is 0.244 e. The molecule has 0 saturated carbocycles. The van der Waals surface area contributed by atoms with E-state index in [4.69, 9.17) is 0 Å². The van der Waals surface area contributed by atoms with Gasteiger partial charge in [0.05, 0.1) is 12.6 Å². The van der Waals surface area contributed by atoms with Gasteiger partial charge in [0.25, 0.3) is 0 Å². The summed E-state index contributed by atoms with van der Waals surface area (Å²) in [5.41, 5.74) is 5.61. The van der Waals surface area contributed by atoms with E-state index in [-0.39, 0.29) is 5.91 Å². The third-order valence-corrected chi connectivity index (χ3v) is 4.34. The van der Waals surface area contributed by atoms with Gasteiger partial charge in [-0.05, 0) is 23.8 Å². The fraction of sp³-hybridized carbons (Fsp3) is 0.100. The van der Waals surface area contributed by atoms with Gasteiger partial charge in [0.15, 0.2) is 0 Å². The molecule has 0 atom stereocenters. The van der Waals surface area contributed by atoms with Gasteiger partial charge in [0.1, 0.15) is 0 Å². The molecule has 1 amide bonds. The standard InChI is InChI=1S/C20H18BrN3O/c1-2-11-24-14-16(18-5-3-4-6-19(18)24)13-22-23-20(25)12-15-7-9-17(21)10-8-15/h2-10,13-14H,1,11-12H2,(H,23,25)/b22-13+. The lowest BCUT2D eigenvalue weighted by Gasteiger charge is -2.00. The van der Waals surface area contributed by atoms with Crippen molar-refractivity contribution >= 4 is 39.0 Å². The summed E-state index contributed by atoms with van der Waals surface area (Å²) in [6.07, 6.45) is 5.84. The first-order chi connectivity index (χ1) is 12.2. The number of aromatic nitrogens is 1. The van der Waals surface area contributed by atoms with Gasteiger partial charge in [-0.25, -0.2) is 5.43 Å². The predicted octanol–water partition coefficient (Wildman–Crippen LogP) is 4.28. The lowest BCUT2D eigenvalue weighted by molar-refractivity contribution is -0.120. The van der Waals surface area contributed by atoms with Crippen molar-refractivity contribution in [2.75, 3.05) is 0 Å². The van der Waals surface area contributed by atoms with Crippen LogP contribution in [0.25, 0.3) is 10.9 Å². The number of carbonyl (C=O) groups excluding carboxylic acids is 1. The zero-order valence-corrected chi connectivity index (χ0v) is 15.2. The molecule has 4 nitrogen and oxygen atoms in total. The minimum atomic E-state index is -0.145. The van der Waals surface area contributed by atoms with Crippen LogP contribution in [0.5, 0.6) is 0 Å². The number of allylic oxidation sites excluding steroid dienone is 1. The largest absolute Gasteiger partial charge is 0.343 e. The number of hydrogen-bond acceptors (Lipinski definition) is 2. The van der Waals surface area contributed by atoms with E-state index in [1.807, 2.05) is 54.7 Å². The van der Waals surface area contributed by atoms with Gasteiger partial charge in [-0.1, -0.05) is 52.3 Å². The average Bonchev–Trinajstić information content (AvgIpc) is 2.96. The van der Waals surface area contributed by atoms with E-state index >= 15 is 0 Å². The second-order valence-electron chi connectivity index (χ2n) is 5.64. The molecule has 0 saturated heterocycles. The van der Waals surface area contributed by atoms with Gasteiger partial charge in [-0.15, -0.1) is 6.58 Å². The maximum atomic E-state index is 12.0. The molecular weight excluding hydrogens is 378 g/mol. The van der Waals surface area contributed by atoms with Gasteiger partial charge in [0, 0.05) is 33.7 Å². The molecule has 5 heteroatoms. The number of benzene rings is 2. The monoisotopic (exact) mass is 395 g/mol. The molecule has 0 aliphatic rings. The third-order valence-electron chi connectivity index (χ3n) is 3.82. The average molecular weight is 396 g/mol. The van der Waals surface area contributed by atoms with Crippen LogP contribution in [0.2, 0.25) is 0 Å². The molecule has 0 spiro atoms. The molecule has 0 aliphatic carbocycles. The highest BCUT2D eigenvalue weighted by atomic mass is 79.9. The van der Waals surface area contributed by atoms with Crippen LogP contribution in [-0.4, -0.2) is 16.7 Å². The first-order valence-electron chi connectivity index (χ1n) is 7.92. The Morgan fingerprint density at radius 2 is 1.96 bits per heavy atom. The number of rotatable bonds is 6. The van der Waals surface area contributed by atoms with Crippen molar-refractivity contribution in [1.29, 1.82) is 0 Å². The summed E-state index contributed by atoms with van der Waals surface area (Å²) in [5.74, 6) is -0.145. The Morgan fingerprint density at radius 1 is 1.20 bits per heavy atom. The summed E-state index contributed by atoms with van der Waals surface area (Å²) < 4.78 is 3.10. The molecule has 0 fully saturated rings. The van der Waals surface area contributed by atoms with Crippen molar-refractivity contribution in [3.05, 3.63) is 83.0 Å². The number of nitrogens with one attached hydrogen (secondary N) is 1. The van der Waals surface area contributed by atoms with Crippen molar-refractivity contribution in [2.45, 2.75) is 13.0 Å². The Labute approximate surface area is 155 Å². The van der Waals surface area contributed by atoms with Gasteiger partial charge >= 0.3 is 0 Å². The first kappa shape index (κ1) is 17.2. The summed E-state index contributed by atoms with van der Waals surface area (Å²) in [6, 6.07) is 15.8. The Balaban J connectivity index is 1.69. The lowest BCUT2D eigenvalue weighted by Crippen LogP contribution is -2.19. The summed E-state index contributed by atoms with van der Waals surface area (Å²) in [5, 5.41) is 5.20. The van der Waals surface area contributed by atoms with Crippen LogP contribution in [0.1, 0.15) is 11.1 Å². The molecule has 0 unspecified atom stereocenters. The van der Waals surface area contributed by atoms with Crippen molar-refractivity contribution < 1.29 is 4.79 Å². The molecule has 0 bridgehead atoms. The van der Waals surface area contributed by atoms with E-state index in [0.717, 1.165) is 33.0 Å². The number of fused-ring (bicyclic) bond motifs is 1. The van der Waals surface area contributed by atoms with Crippen LogP contribution in [0, 0.1) is 0 Å². The van der Waals surface area contributed by atoms with E-state index in [9.17, 15) is 4.79 Å². The summed E-state index contributed by atoms with van der Waals surface area (Å²) in [7, 11) is 0. The fourth-order valence-electron chi connectivity index (χ4n) is 2.67. The van der Waals surface area contributed by atoms with Gasteiger partial charge in [0.2, 0.25) is 5.91 Å². The maximum Gasteiger partial charge on any atom is 0.244 e. The Bertz CT molecular complexity index is 926. The van der Waals surface area contributed by atoms with Crippen molar-refractivity contribution in [3.8, 4) is 0 Å². The molecule has 1 heterocycles. The second-order valence-corrected chi connectivity index (χ2v) is 6.55. The normalized spacial score (nSPS) is 11.1. The Kier molecular flexibility index (Phi) is 5.46. The zero-order chi connectivity index (χ0) is 17.6. The van der Waals surface area contributed by atoms with Crippen molar-refractivity contribution in [1.82, 2.24) is 9.99 Å². The van der Waals surface area contributed by atoms with Gasteiger partial charge in [-0.3, -0.25) is 4.79 Å². The summed E-state index contributed by atoms with van der Waals surface area (Å²) in [4.78, 5) is 12.0. The number of hydrazone groups is 1. The van der Waals surface area contributed by atoms with Gasteiger partial charge in [-0.2, -0.15) is 5.10 Å². The molecule has 3 aromatic rings. The van der Waals surface area contributed by atoms with Crippen LogP contribution in [0.3, 0.4) is 0 Å². The minimum Gasteiger partial charge on any atom is -0.343 e. The van der Waals surface area contributed by atoms with E-state index in [1.165, 1.54) is 0 Å². The highest BCUT2D eigenvalue weighted by Gasteiger charge is 2.06. The topological polar surface area (TPSA) is 46.4 Å². The summed E-state index contributed by atoms with van der Waals surface area (Å²) >= 11 is 3.38. The van der Waals surface area contributed by atoms with Crippen LogP contribution in [0.15, 0.2) is 77.0 Å². The van der Waals surface area contributed by atoms with Gasteiger partial charge < -0.3 is 4.57 Å². The molecular formula is C20H18BrN3O. The first-order valence-corrected chi connectivity index (χ1v) is 8.72. The van der Waals surface area contributed by atoms with E-state index in [2.05, 4.69) is 43.7 Å². The number of para-hydroxylation sites is 1. The highest BCUT2D eigenvalue weighted by Crippen LogP contribution is 2.20. The molecule has 25 heavy (non-hydrogen) atoms. The van der Waals surface area contributed by atoms with E-state index in [1.54, 1.807) is 6.21 Å². The molecule has 3 rings (SSSR count). The van der Waals surface area contributed by atoms with Crippen LogP contribution in [-0.2, 0) is 17.8 Å². The van der Waals surface area contributed by atoms with Crippen LogP contribution >= 0.6 is 15.9 Å². The molecule has 2 aromatic carbocycles. The maximum absolute atomic E-state index is 12.0. The molecule has 1 aromatic heterocycles. The third kappa shape index (κ3) is 4.25. The Hall–Kier alpha value is -2.66. The number of hydrogen-bond donors (Lipinski definition) is 1. The fourth-order valence-corrected chi connectivity index (χ4v) is 2.93. The van der Waals surface area contributed by atoms with Crippen molar-refractivity contribution in [2.24, 2.45) is 5.10 Å². The minimum absolute atomic E-state index is 0.145. The molecule has 0 radical (unpaired) electrons. The molecule has 126 valence electrons. The van der Waals surface area contributed by atoms with E-state index in [0.29, 0.717) is 6.42 Å². The van der Waals surface area contributed by atoms with Crippen LogP contribution in [0.4, 0.5) is 0 Å². The quantitative estimate of drug-likeness (QED) is 0.377. The Morgan fingerprint density at radius 3 is 2.72 bits per heavy atom. The summed E-state index contributed by atoms with van der Waals surface area (Å²) in [6.45, 7) is 4.51. The zero-order valence-electron chi connectivity index (χ0n) is 13.7. The lowest BCUT2D eigenvalue weighted by atomic mass is 10.1. The van der Waals surface area contributed by atoms with Crippen molar-refractivity contribution in [3.63, 3.8) is 0 Å². The predicted molar refractivity (Wildman–Crippen MR) is 106 cm³/mol. The highest BCUT2D eigenvalue weighted by molar-refractivity contribution is 9.10. The second kappa shape index (κ2) is 7.94. The number of nitrogens with zero attached hydrogens (tertiary/aromatic N) is 2. The SMILES string of the molecule is C=CCn1cc(/C=N/NC(=O)Cc2ccc(Br)cc2)c2ccccc21. The number of carbonyl (C=O) groups is 1. The molecule has 1 N–H and O–H groups in total. The van der Waals surface area contributed by atoms with E-state index < -0.39 is 0 Å². The number of halogens is 1. The molecule has 0 aliphatic heterocycles. The van der Waals surface area contributed by atoms with Crippen LogP contribution < -0.4 is 5.43 Å². The number of amides is 1.